The average molecular weight is 142 g/mol. The van der Waals surface area contributed by atoms with Crippen molar-refractivity contribution in [2.45, 2.75) is 19.4 Å². The molecule has 1 heterocycles. The molecule has 3 heteroatoms. The highest BCUT2D eigenvalue weighted by Gasteiger charge is 2.19. The number of methoxy groups -OCH3 is 1. The Hall–Kier alpha value is -0.990. The Morgan fingerprint density at radius 2 is 2.60 bits per heavy atom. The number of esters is 1. The fourth-order valence-corrected chi connectivity index (χ4v) is 0.867. The summed E-state index contributed by atoms with van der Waals surface area (Å²) in [7, 11) is 1.37. The van der Waals surface area contributed by atoms with Crippen molar-refractivity contribution in [2.75, 3.05) is 7.11 Å². The van der Waals surface area contributed by atoms with Crippen molar-refractivity contribution in [3.63, 3.8) is 0 Å². The lowest BCUT2D eigenvalue weighted by Crippen LogP contribution is -2.05. The average Bonchev–Trinajstić information content (AvgIpc) is 2.34. The lowest BCUT2D eigenvalue weighted by atomic mass is 10.2. The fourth-order valence-electron chi connectivity index (χ4n) is 0.867. The zero-order valence-electron chi connectivity index (χ0n) is 6.09. The Morgan fingerprint density at radius 3 is 3.00 bits per heavy atom. The van der Waals surface area contributed by atoms with E-state index >= 15 is 0 Å². The minimum absolute atomic E-state index is 0.120. The molecule has 0 fully saturated rings. The van der Waals surface area contributed by atoms with Gasteiger partial charge >= 0.3 is 5.97 Å². The maximum Gasteiger partial charge on any atom is 0.336 e. The van der Waals surface area contributed by atoms with Gasteiger partial charge in [0.2, 0.25) is 0 Å². The van der Waals surface area contributed by atoms with E-state index < -0.39 is 0 Å². The maximum atomic E-state index is 10.8. The molecule has 1 aliphatic rings. The highest BCUT2D eigenvalue weighted by molar-refractivity contribution is 5.88. The molecule has 0 amide bonds. The fraction of sp³-hybridized carbons (Fsp3) is 0.571. The predicted octanol–water partition coefficient (Wildman–Crippen LogP) is 0.852. The van der Waals surface area contributed by atoms with E-state index in [4.69, 9.17) is 4.74 Å². The van der Waals surface area contributed by atoms with Crippen molar-refractivity contribution in [3.05, 3.63) is 11.8 Å². The first kappa shape index (κ1) is 7.12. The van der Waals surface area contributed by atoms with Crippen molar-refractivity contribution in [1.82, 2.24) is 0 Å². The summed E-state index contributed by atoms with van der Waals surface area (Å²) in [5, 5.41) is 0. The third-order valence-corrected chi connectivity index (χ3v) is 1.40. The van der Waals surface area contributed by atoms with Crippen molar-refractivity contribution < 1.29 is 14.3 Å². The van der Waals surface area contributed by atoms with Crippen LogP contribution in [0.3, 0.4) is 0 Å². The minimum Gasteiger partial charge on any atom is -0.497 e. The van der Waals surface area contributed by atoms with Crippen molar-refractivity contribution >= 4 is 5.97 Å². The normalized spacial score (nSPS) is 23.4. The summed E-state index contributed by atoms with van der Waals surface area (Å²) in [5.41, 5.74) is 0.620. The summed E-state index contributed by atoms with van der Waals surface area (Å²) in [6.45, 7) is 1.91. The summed E-state index contributed by atoms with van der Waals surface area (Å²) >= 11 is 0. The summed E-state index contributed by atoms with van der Waals surface area (Å²) in [6, 6.07) is 0. The van der Waals surface area contributed by atoms with Crippen LogP contribution in [0.25, 0.3) is 0 Å². The Kier molecular flexibility index (Phi) is 1.94. The monoisotopic (exact) mass is 142 g/mol. The van der Waals surface area contributed by atoms with Gasteiger partial charge in [-0.05, 0) is 6.92 Å². The molecule has 0 saturated heterocycles. The largest absolute Gasteiger partial charge is 0.497 e. The van der Waals surface area contributed by atoms with E-state index in [9.17, 15) is 4.79 Å². The van der Waals surface area contributed by atoms with Gasteiger partial charge in [0.15, 0.2) is 0 Å². The van der Waals surface area contributed by atoms with E-state index in [0.717, 1.165) is 0 Å². The molecular weight excluding hydrogens is 132 g/mol. The molecule has 0 aromatic carbocycles. The zero-order valence-corrected chi connectivity index (χ0v) is 6.09. The van der Waals surface area contributed by atoms with Crippen LogP contribution >= 0.6 is 0 Å². The predicted molar refractivity (Wildman–Crippen MR) is 35.3 cm³/mol. The third kappa shape index (κ3) is 1.29. The Labute approximate surface area is 59.6 Å². The van der Waals surface area contributed by atoms with Gasteiger partial charge in [0, 0.05) is 6.42 Å². The maximum absolute atomic E-state index is 10.8. The van der Waals surface area contributed by atoms with Crippen LogP contribution in [0.4, 0.5) is 0 Å². The molecule has 0 spiro atoms. The molecule has 56 valence electrons. The first-order valence-electron chi connectivity index (χ1n) is 3.17. The molecule has 1 aliphatic heterocycles. The lowest BCUT2D eigenvalue weighted by molar-refractivity contribution is -0.136. The summed E-state index contributed by atoms with van der Waals surface area (Å²) in [6.07, 6.45) is 2.25. The number of ether oxygens (including phenoxy) is 2. The summed E-state index contributed by atoms with van der Waals surface area (Å²) < 4.78 is 9.52. The second-order valence-electron chi connectivity index (χ2n) is 2.29. The Bertz CT molecular complexity index is 172. The van der Waals surface area contributed by atoms with Gasteiger partial charge in [0.1, 0.15) is 0 Å². The molecule has 0 radical (unpaired) electrons. The number of rotatable bonds is 1. The van der Waals surface area contributed by atoms with Crippen LogP contribution in [0.2, 0.25) is 0 Å². The third-order valence-electron chi connectivity index (χ3n) is 1.40. The van der Waals surface area contributed by atoms with Gasteiger partial charge in [-0.15, -0.1) is 0 Å². The van der Waals surface area contributed by atoms with Crippen molar-refractivity contribution in [2.24, 2.45) is 0 Å². The van der Waals surface area contributed by atoms with Crippen LogP contribution in [-0.2, 0) is 14.3 Å². The van der Waals surface area contributed by atoms with E-state index in [0.29, 0.717) is 12.0 Å². The molecule has 0 aromatic rings. The quantitative estimate of drug-likeness (QED) is 0.509. The van der Waals surface area contributed by atoms with Gasteiger partial charge in [-0.2, -0.15) is 0 Å². The highest BCUT2D eigenvalue weighted by Crippen LogP contribution is 2.17. The van der Waals surface area contributed by atoms with E-state index in [2.05, 4.69) is 4.74 Å². The van der Waals surface area contributed by atoms with Gasteiger partial charge in [-0.25, -0.2) is 4.79 Å². The second-order valence-corrected chi connectivity index (χ2v) is 2.29. The second kappa shape index (κ2) is 2.73. The number of carbonyl (C=O) groups is 1. The molecule has 0 aliphatic carbocycles. The van der Waals surface area contributed by atoms with Crippen LogP contribution in [-0.4, -0.2) is 19.2 Å². The topological polar surface area (TPSA) is 35.5 Å². The molecule has 0 bridgehead atoms. The SMILES string of the molecule is COC(=O)C1=COC(C)C1. The summed E-state index contributed by atoms with van der Waals surface area (Å²) in [5.74, 6) is -0.288. The van der Waals surface area contributed by atoms with E-state index in [1.54, 1.807) is 0 Å². The van der Waals surface area contributed by atoms with Crippen LogP contribution in [0, 0.1) is 0 Å². The van der Waals surface area contributed by atoms with Crippen LogP contribution in [0.5, 0.6) is 0 Å². The first-order valence-corrected chi connectivity index (χ1v) is 3.17. The zero-order chi connectivity index (χ0) is 7.56. The van der Waals surface area contributed by atoms with Gasteiger partial charge in [0.25, 0.3) is 0 Å². The van der Waals surface area contributed by atoms with E-state index in [-0.39, 0.29) is 12.1 Å². The molecule has 10 heavy (non-hydrogen) atoms. The van der Waals surface area contributed by atoms with E-state index in [1.165, 1.54) is 13.4 Å². The van der Waals surface area contributed by atoms with E-state index in [1.807, 2.05) is 6.92 Å². The number of hydrogen-bond donors (Lipinski definition) is 0. The van der Waals surface area contributed by atoms with Gasteiger partial charge in [-0.1, -0.05) is 0 Å². The van der Waals surface area contributed by atoms with Gasteiger partial charge in [0.05, 0.1) is 25.0 Å². The Balaban J connectivity index is 2.51. The van der Waals surface area contributed by atoms with Crippen molar-refractivity contribution in [3.8, 4) is 0 Å². The standard InChI is InChI=1S/C7H10O3/c1-5-3-6(4-10-5)7(8)9-2/h4-5H,3H2,1-2H3. The van der Waals surface area contributed by atoms with Gasteiger partial charge < -0.3 is 9.47 Å². The molecular formula is C7H10O3. The van der Waals surface area contributed by atoms with Crippen LogP contribution in [0.1, 0.15) is 13.3 Å². The molecule has 1 rings (SSSR count). The minimum atomic E-state index is -0.288. The lowest BCUT2D eigenvalue weighted by Gasteiger charge is -1.99. The molecule has 0 N–H and O–H groups in total. The molecule has 3 nitrogen and oxygen atoms in total. The molecule has 0 saturated carbocycles. The van der Waals surface area contributed by atoms with Crippen LogP contribution in [0.15, 0.2) is 11.8 Å². The smallest absolute Gasteiger partial charge is 0.336 e. The molecule has 1 unspecified atom stereocenters. The first-order chi connectivity index (χ1) is 4.74. The molecule has 1 atom stereocenters. The van der Waals surface area contributed by atoms with Crippen molar-refractivity contribution in [1.29, 1.82) is 0 Å². The Morgan fingerprint density at radius 1 is 1.90 bits per heavy atom. The van der Waals surface area contributed by atoms with Crippen LogP contribution < -0.4 is 0 Å². The summed E-state index contributed by atoms with van der Waals surface area (Å²) in [4.78, 5) is 10.8. The van der Waals surface area contributed by atoms with Gasteiger partial charge in [-0.3, -0.25) is 0 Å². The molecule has 0 aromatic heterocycles. The highest BCUT2D eigenvalue weighted by atomic mass is 16.5. The number of hydrogen-bond acceptors (Lipinski definition) is 3. The number of carbonyl (C=O) groups excluding carboxylic acids is 1.